The number of aromatic carboxylic acids is 1. The molecule has 13 heavy (non-hydrogen) atoms. The van der Waals surface area contributed by atoms with Crippen LogP contribution in [0.3, 0.4) is 0 Å². The molecule has 0 amide bonds. The van der Waals surface area contributed by atoms with Gasteiger partial charge in [-0.1, -0.05) is 0 Å². The minimum Gasteiger partial charge on any atom is -0.478 e. The summed E-state index contributed by atoms with van der Waals surface area (Å²) in [7, 11) is 0. The highest BCUT2D eigenvalue weighted by molar-refractivity contribution is 7.17. The van der Waals surface area contributed by atoms with Gasteiger partial charge in [0.2, 0.25) is 0 Å². The van der Waals surface area contributed by atoms with Crippen LogP contribution in [0.4, 0.5) is 4.39 Å². The van der Waals surface area contributed by atoms with E-state index in [-0.39, 0.29) is 5.56 Å². The minimum absolute atomic E-state index is 0.0107. The molecule has 4 heteroatoms. The maximum absolute atomic E-state index is 13.2. The van der Waals surface area contributed by atoms with Crippen molar-refractivity contribution in [3.63, 3.8) is 0 Å². The molecular weight excluding hydrogens is 191 g/mol. The van der Waals surface area contributed by atoms with Gasteiger partial charge in [0.05, 0.1) is 10.3 Å². The monoisotopic (exact) mass is 196 g/mol. The molecule has 0 saturated carbocycles. The van der Waals surface area contributed by atoms with Crippen LogP contribution in [-0.4, -0.2) is 11.1 Å². The van der Waals surface area contributed by atoms with Crippen molar-refractivity contribution in [1.29, 1.82) is 0 Å². The Morgan fingerprint density at radius 3 is 2.92 bits per heavy atom. The van der Waals surface area contributed by atoms with Gasteiger partial charge in [-0.2, -0.15) is 0 Å². The third kappa shape index (κ3) is 1.29. The van der Waals surface area contributed by atoms with E-state index in [1.165, 1.54) is 17.4 Å². The predicted octanol–water partition coefficient (Wildman–Crippen LogP) is 2.74. The van der Waals surface area contributed by atoms with Crippen LogP contribution in [0.5, 0.6) is 0 Å². The molecule has 66 valence electrons. The van der Waals surface area contributed by atoms with E-state index >= 15 is 0 Å². The molecule has 0 bridgehead atoms. The van der Waals surface area contributed by atoms with Gasteiger partial charge >= 0.3 is 5.97 Å². The van der Waals surface area contributed by atoms with Crippen molar-refractivity contribution in [3.8, 4) is 0 Å². The van der Waals surface area contributed by atoms with Crippen LogP contribution in [0.25, 0.3) is 10.1 Å². The molecule has 0 unspecified atom stereocenters. The fourth-order valence-corrected chi connectivity index (χ4v) is 1.95. The molecule has 1 aromatic carbocycles. The summed E-state index contributed by atoms with van der Waals surface area (Å²) < 4.78 is 13.7. The largest absolute Gasteiger partial charge is 0.478 e. The lowest BCUT2D eigenvalue weighted by Gasteiger charge is -1.96. The number of carboxylic acid groups (broad SMARTS) is 1. The Labute approximate surface area is 77.2 Å². The molecule has 0 aliphatic rings. The summed E-state index contributed by atoms with van der Waals surface area (Å²) in [6.45, 7) is 0. The van der Waals surface area contributed by atoms with Crippen LogP contribution < -0.4 is 0 Å². The van der Waals surface area contributed by atoms with Crippen LogP contribution >= 0.6 is 11.3 Å². The third-order valence-corrected chi connectivity index (χ3v) is 2.69. The van der Waals surface area contributed by atoms with Gasteiger partial charge < -0.3 is 5.11 Å². The first-order valence-electron chi connectivity index (χ1n) is 3.58. The molecule has 1 heterocycles. The number of hydrogen-bond acceptors (Lipinski definition) is 2. The van der Waals surface area contributed by atoms with Crippen LogP contribution in [0, 0.1) is 5.82 Å². The first-order valence-corrected chi connectivity index (χ1v) is 4.46. The second-order valence-corrected chi connectivity index (χ2v) is 3.52. The van der Waals surface area contributed by atoms with Gasteiger partial charge in [0.25, 0.3) is 0 Å². The Kier molecular flexibility index (Phi) is 1.77. The second kappa shape index (κ2) is 2.81. The van der Waals surface area contributed by atoms with Crippen molar-refractivity contribution in [2.45, 2.75) is 0 Å². The van der Waals surface area contributed by atoms with Crippen molar-refractivity contribution in [2.75, 3.05) is 0 Å². The molecule has 0 aliphatic heterocycles. The van der Waals surface area contributed by atoms with Gasteiger partial charge in [-0.25, -0.2) is 9.18 Å². The zero-order valence-corrected chi connectivity index (χ0v) is 7.27. The summed E-state index contributed by atoms with van der Waals surface area (Å²) in [4.78, 5) is 10.6. The van der Waals surface area contributed by atoms with E-state index < -0.39 is 11.8 Å². The standard InChI is InChI=1S/C9H5FO2S/c10-7-4-6(9(11)12)3-5-1-2-13-8(5)7/h1-4H,(H,11,12). The number of hydrogen-bond donors (Lipinski definition) is 1. The van der Waals surface area contributed by atoms with Crippen LogP contribution in [-0.2, 0) is 0 Å². The van der Waals surface area contributed by atoms with Crippen molar-refractivity contribution < 1.29 is 14.3 Å². The molecule has 0 spiro atoms. The van der Waals surface area contributed by atoms with Crippen molar-refractivity contribution in [1.82, 2.24) is 0 Å². The van der Waals surface area contributed by atoms with Crippen LogP contribution in [0.15, 0.2) is 23.6 Å². The van der Waals surface area contributed by atoms with Crippen LogP contribution in [0.2, 0.25) is 0 Å². The van der Waals surface area contributed by atoms with Gasteiger partial charge in [-0.3, -0.25) is 0 Å². The maximum Gasteiger partial charge on any atom is 0.335 e. The fraction of sp³-hybridized carbons (Fsp3) is 0. The number of thiophene rings is 1. The highest BCUT2D eigenvalue weighted by Gasteiger charge is 2.09. The Balaban J connectivity index is 2.77. The van der Waals surface area contributed by atoms with E-state index in [0.717, 1.165) is 6.07 Å². The number of benzene rings is 1. The summed E-state index contributed by atoms with van der Waals surface area (Å²) in [6, 6.07) is 4.22. The molecule has 0 aliphatic carbocycles. The lowest BCUT2D eigenvalue weighted by Crippen LogP contribution is -1.96. The Morgan fingerprint density at radius 2 is 2.23 bits per heavy atom. The number of carbonyl (C=O) groups is 1. The normalized spacial score (nSPS) is 10.5. The lowest BCUT2D eigenvalue weighted by molar-refractivity contribution is 0.0696. The third-order valence-electron chi connectivity index (χ3n) is 1.75. The maximum atomic E-state index is 13.2. The van der Waals surface area contributed by atoms with Gasteiger partial charge in [0, 0.05) is 0 Å². The van der Waals surface area contributed by atoms with E-state index in [1.54, 1.807) is 11.4 Å². The number of rotatable bonds is 1. The SMILES string of the molecule is O=C(O)c1cc(F)c2sccc2c1. The molecule has 0 saturated heterocycles. The van der Waals surface area contributed by atoms with Gasteiger partial charge in [-0.05, 0) is 29.0 Å². The molecule has 1 N–H and O–H groups in total. The fourth-order valence-electron chi connectivity index (χ4n) is 1.16. The first-order chi connectivity index (χ1) is 6.18. The smallest absolute Gasteiger partial charge is 0.335 e. The van der Waals surface area contributed by atoms with E-state index in [1.807, 2.05) is 0 Å². The lowest BCUT2D eigenvalue weighted by atomic mass is 10.1. The van der Waals surface area contributed by atoms with Crippen molar-refractivity contribution >= 4 is 27.4 Å². The quantitative estimate of drug-likeness (QED) is 0.761. The number of carboxylic acids is 1. The van der Waals surface area contributed by atoms with E-state index in [2.05, 4.69) is 0 Å². The summed E-state index contributed by atoms with van der Waals surface area (Å²) in [5, 5.41) is 11.0. The highest BCUT2D eigenvalue weighted by Crippen LogP contribution is 2.25. The average molecular weight is 196 g/mol. The molecule has 0 atom stereocenters. The zero-order chi connectivity index (χ0) is 9.42. The van der Waals surface area contributed by atoms with E-state index in [9.17, 15) is 9.18 Å². The van der Waals surface area contributed by atoms with Gasteiger partial charge in [-0.15, -0.1) is 11.3 Å². The van der Waals surface area contributed by atoms with Gasteiger partial charge in [0.15, 0.2) is 0 Å². The summed E-state index contributed by atoms with van der Waals surface area (Å²) in [5.41, 5.74) is -0.0107. The van der Waals surface area contributed by atoms with Gasteiger partial charge in [0.1, 0.15) is 5.82 Å². The molecule has 1 aromatic heterocycles. The Bertz CT molecular complexity index is 475. The van der Waals surface area contributed by atoms with Crippen molar-refractivity contribution in [3.05, 3.63) is 35.0 Å². The number of fused-ring (bicyclic) bond motifs is 1. The highest BCUT2D eigenvalue weighted by atomic mass is 32.1. The topological polar surface area (TPSA) is 37.3 Å². The van der Waals surface area contributed by atoms with Crippen LogP contribution in [0.1, 0.15) is 10.4 Å². The summed E-state index contributed by atoms with van der Waals surface area (Å²) in [6.07, 6.45) is 0. The Morgan fingerprint density at radius 1 is 1.46 bits per heavy atom. The first kappa shape index (κ1) is 8.19. The van der Waals surface area contributed by atoms with E-state index in [0.29, 0.717) is 10.1 Å². The summed E-state index contributed by atoms with van der Waals surface area (Å²) >= 11 is 1.27. The summed E-state index contributed by atoms with van der Waals surface area (Å²) in [5.74, 6) is -1.57. The van der Waals surface area contributed by atoms with E-state index in [4.69, 9.17) is 5.11 Å². The number of halogens is 1. The molecule has 0 radical (unpaired) electrons. The molecule has 2 nitrogen and oxygen atoms in total. The second-order valence-electron chi connectivity index (χ2n) is 2.60. The minimum atomic E-state index is -1.10. The molecule has 0 fully saturated rings. The average Bonchev–Trinajstić information content (AvgIpc) is 2.51. The zero-order valence-electron chi connectivity index (χ0n) is 6.45. The molecular formula is C9H5FO2S. The Hall–Kier alpha value is -1.42. The van der Waals surface area contributed by atoms with Crippen molar-refractivity contribution in [2.24, 2.45) is 0 Å². The predicted molar refractivity (Wildman–Crippen MR) is 48.7 cm³/mol. The molecule has 2 aromatic rings. The molecule has 2 rings (SSSR count).